The number of hydrogen-bond acceptors (Lipinski definition) is 7. The molecule has 8 heteroatoms. The molecule has 7 nitrogen and oxygen atoms in total. The van der Waals surface area contributed by atoms with Crippen LogP contribution in [-0.4, -0.2) is 20.9 Å². The molecule has 0 saturated heterocycles. The van der Waals surface area contributed by atoms with E-state index in [2.05, 4.69) is 20.3 Å². The topological polar surface area (TPSA) is 103 Å². The van der Waals surface area contributed by atoms with Crippen molar-refractivity contribution in [1.82, 2.24) is 15.0 Å². The highest BCUT2D eigenvalue weighted by Gasteiger charge is 2.40. The summed E-state index contributed by atoms with van der Waals surface area (Å²) in [4.78, 5) is 23.7. The number of carbonyl (C=O) groups excluding carboxylic acids is 1. The lowest BCUT2D eigenvalue weighted by molar-refractivity contribution is -0.147. The average Bonchev–Trinajstić information content (AvgIpc) is 3.24. The molecule has 2 aromatic rings. The Morgan fingerprint density at radius 2 is 2.04 bits per heavy atom. The average molecular weight is 317 g/mol. The third-order valence-electron chi connectivity index (χ3n) is 3.56. The first-order valence-corrected chi connectivity index (χ1v) is 7.21. The number of hydrogen-bond donors (Lipinski definition) is 2. The Morgan fingerprint density at radius 1 is 1.35 bits per heavy atom. The second kappa shape index (κ2) is 6.15. The quantitative estimate of drug-likeness (QED) is 0.813. The fourth-order valence-electron chi connectivity index (χ4n) is 2.11. The van der Waals surface area contributed by atoms with Crippen molar-refractivity contribution in [3.05, 3.63) is 35.9 Å². The van der Waals surface area contributed by atoms with E-state index in [9.17, 15) is 9.18 Å². The van der Waals surface area contributed by atoms with Gasteiger partial charge in [0, 0.05) is 5.69 Å². The Kier molecular flexibility index (Phi) is 4.05. The second-order valence-corrected chi connectivity index (χ2v) is 5.49. The van der Waals surface area contributed by atoms with E-state index in [0.29, 0.717) is 11.6 Å². The molecule has 1 aromatic carbocycles. The highest BCUT2D eigenvalue weighted by molar-refractivity contribution is 5.75. The zero-order valence-electron chi connectivity index (χ0n) is 12.5. The lowest BCUT2D eigenvalue weighted by atomic mass is 10.3. The van der Waals surface area contributed by atoms with E-state index in [0.717, 1.165) is 6.42 Å². The van der Waals surface area contributed by atoms with E-state index >= 15 is 0 Å². The number of aromatic nitrogens is 3. The number of anilines is 3. The van der Waals surface area contributed by atoms with Crippen molar-refractivity contribution in [3.63, 3.8) is 0 Å². The number of nitrogens with one attached hydrogen (secondary N) is 1. The molecule has 1 fully saturated rings. The molecule has 2 atom stereocenters. The van der Waals surface area contributed by atoms with Crippen molar-refractivity contribution in [1.29, 1.82) is 0 Å². The Balaban J connectivity index is 1.66. The van der Waals surface area contributed by atoms with Crippen LogP contribution in [0.4, 0.5) is 22.0 Å². The number of nitrogens with two attached hydrogens (primary N) is 1. The number of carbonyl (C=O) groups is 1. The van der Waals surface area contributed by atoms with Gasteiger partial charge >= 0.3 is 5.97 Å². The van der Waals surface area contributed by atoms with Gasteiger partial charge in [-0.2, -0.15) is 15.0 Å². The highest BCUT2D eigenvalue weighted by atomic mass is 19.1. The lowest BCUT2D eigenvalue weighted by Gasteiger charge is -2.08. The molecule has 1 aliphatic carbocycles. The molecule has 1 heterocycles. The summed E-state index contributed by atoms with van der Waals surface area (Å²) in [5.74, 6) is 0.235. The first kappa shape index (κ1) is 15.1. The van der Waals surface area contributed by atoms with Crippen LogP contribution in [0.3, 0.4) is 0 Å². The number of esters is 1. The van der Waals surface area contributed by atoms with Crippen molar-refractivity contribution < 1.29 is 13.9 Å². The summed E-state index contributed by atoms with van der Waals surface area (Å²) in [5, 5.41) is 2.89. The number of ether oxygens (including phenoxy) is 1. The standard InChI is InChI=1S/C15H16FN5O2/c1-8-6-11(8)13(22)23-7-12-19-14(17)21-15(20-12)18-10-4-2-9(16)3-5-10/h2-5,8,11H,6-7H2,1H3,(H3,17,18,19,20,21)/t8-,11+/m0/s1. The highest BCUT2D eigenvalue weighted by Crippen LogP contribution is 2.38. The van der Waals surface area contributed by atoms with Gasteiger partial charge in [-0.15, -0.1) is 0 Å². The van der Waals surface area contributed by atoms with Crippen LogP contribution in [0, 0.1) is 17.7 Å². The van der Waals surface area contributed by atoms with Gasteiger partial charge in [0.25, 0.3) is 0 Å². The van der Waals surface area contributed by atoms with Gasteiger partial charge in [-0.25, -0.2) is 4.39 Å². The molecular formula is C15H16FN5O2. The Morgan fingerprint density at radius 3 is 2.70 bits per heavy atom. The van der Waals surface area contributed by atoms with Crippen molar-refractivity contribution in [2.45, 2.75) is 20.0 Å². The summed E-state index contributed by atoms with van der Waals surface area (Å²) >= 11 is 0. The maximum Gasteiger partial charge on any atom is 0.309 e. The van der Waals surface area contributed by atoms with Crippen LogP contribution in [0.5, 0.6) is 0 Å². The molecule has 3 N–H and O–H groups in total. The zero-order valence-corrected chi connectivity index (χ0v) is 12.5. The van der Waals surface area contributed by atoms with Crippen LogP contribution in [0.25, 0.3) is 0 Å². The summed E-state index contributed by atoms with van der Waals surface area (Å²) < 4.78 is 18.1. The number of halogens is 1. The molecule has 1 aromatic heterocycles. The van der Waals surface area contributed by atoms with Gasteiger partial charge in [-0.05, 0) is 36.6 Å². The van der Waals surface area contributed by atoms with Gasteiger partial charge in [0.05, 0.1) is 5.92 Å². The van der Waals surface area contributed by atoms with Crippen LogP contribution in [0.15, 0.2) is 24.3 Å². The largest absolute Gasteiger partial charge is 0.457 e. The van der Waals surface area contributed by atoms with Gasteiger partial charge < -0.3 is 15.8 Å². The van der Waals surface area contributed by atoms with Gasteiger partial charge in [0.1, 0.15) is 5.82 Å². The van der Waals surface area contributed by atoms with E-state index in [1.807, 2.05) is 6.92 Å². The number of nitrogen functional groups attached to an aromatic ring is 1. The Bertz CT molecular complexity index is 722. The van der Waals surface area contributed by atoms with Crippen LogP contribution in [-0.2, 0) is 16.1 Å². The normalized spacial score (nSPS) is 19.2. The molecule has 0 spiro atoms. The number of benzene rings is 1. The van der Waals surface area contributed by atoms with Crippen molar-refractivity contribution >= 4 is 23.6 Å². The number of rotatable bonds is 5. The van der Waals surface area contributed by atoms with Crippen LogP contribution < -0.4 is 11.1 Å². The minimum atomic E-state index is -0.340. The molecule has 3 rings (SSSR count). The minimum Gasteiger partial charge on any atom is -0.457 e. The summed E-state index contributed by atoms with van der Waals surface area (Å²) in [7, 11) is 0. The SMILES string of the molecule is C[C@H]1C[C@H]1C(=O)OCc1nc(N)nc(Nc2ccc(F)cc2)n1. The molecule has 23 heavy (non-hydrogen) atoms. The van der Waals surface area contributed by atoms with Gasteiger partial charge in [0.15, 0.2) is 12.4 Å². The first-order chi connectivity index (χ1) is 11.0. The van der Waals surface area contributed by atoms with Gasteiger partial charge in [-0.1, -0.05) is 6.92 Å². The predicted molar refractivity (Wildman–Crippen MR) is 81.0 cm³/mol. The molecule has 0 bridgehead atoms. The smallest absolute Gasteiger partial charge is 0.309 e. The van der Waals surface area contributed by atoms with Crippen LogP contribution in [0.1, 0.15) is 19.2 Å². The molecular weight excluding hydrogens is 301 g/mol. The summed E-state index contributed by atoms with van der Waals surface area (Å²) in [6.07, 6.45) is 0.857. The molecule has 0 unspecified atom stereocenters. The van der Waals surface area contributed by atoms with Gasteiger partial charge in [0.2, 0.25) is 11.9 Å². The molecule has 0 radical (unpaired) electrons. The van der Waals surface area contributed by atoms with Crippen molar-refractivity contribution in [3.8, 4) is 0 Å². The van der Waals surface area contributed by atoms with E-state index < -0.39 is 0 Å². The van der Waals surface area contributed by atoms with Crippen LogP contribution >= 0.6 is 0 Å². The second-order valence-electron chi connectivity index (χ2n) is 5.49. The van der Waals surface area contributed by atoms with E-state index in [1.54, 1.807) is 12.1 Å². The molecule has 1 saturated carbocycles. The molecule has 0 aliphatic heterocycles. The third kappa shape index (κ3) is 3.91. The fraction of sp³-hybridized carbons (Fsp3) is 0.333. The van der Waals surface area contributed by atoms with Crippen molar-refractivity contribution in [2.24, 2.45) is 11.8 Å². The van der Waals surface area contributed by atoms with E-state index in [4.69, 9.17) is 10.5 Å². The molecule has 0 amide bonds. The predicted octanol–water partition coefficient (Wildman–Crippen LogP) is 2.04. The monoisotopic (exact) mass is 317 g/mol. The Labute approximate surface area is 132 Å². The molecule has 1 aliphatic rings. The number of nitrogens with zero attached hydrogens (tertiary/aromatic N) is 3. The zero-order chi connectivity index (χ0) is 16.4. The summed E-state index contributed by atoms with van der Waals surface area (Å²) in [6.45, 7) is 1.93. The maximum atomic E-state index is 12.9. The van der Waals surface area contributed by atoms with E-state index in [1.165, 1.54) is 12.1 Å². The third-order valence-corrected chi connectivity index (χ3v) is 3.56. The van der Waals surface area contributed by atoms with Crippen molar-refractivity contribution in [2.75, 3.05) is 11.1 Å². The first-order valence-electron chi connectivity index (χ1n) is 7.21. The lowest BCUT2D eigenvalue weighted by Crippen LogP contribution is -2.12. The molecule has 120 valence electrons. The minimum absolute atomic E-state index is 0.00968. The van der Waals surface area contributed by atoms with Crippen LogP contribution in [0.2, 0.25) is 0 Å². The van der Waals surface area contributed by atoms with E-state index in [-0.39, 0.29) is 42.0 Å². The Hall–Kier alpha value is -2.77. The van der Waals surface area contributed by atoms with Gasteiger partial charge in [-0.3, -0.25) is 4.79 Å². The maximum absolute atomic E-state index is 12.9. The summed E-state index contributed by atoms with van der Waals surface area (Å²) in [5.41, 5.74) is 6.24. The summed E-state index contributed by atoms with van der Waals surface area (Å²) in [6, 6.07) is 5.71. The fourth-order valence-corrected chi connectivity index (χ4v) is 2.11.